The van der Waals surface area contributed by atoms with Crippen LogP contribution in [0.25, 0.3) is 0 Å². The molecule has 22 heavy (non-hydrogen) atoms. The van der Waals surface area contributed by atoms with Crippen LogP contribution in [0.2, 0.25) is 0 Å². The van der Waals surface area contributed by atoms with E-state index < -0.39 is 0 Å². The summed E-state index contributed by atoms with van der Waals surface area (Å²) < 4.78 is 5.20. The third kappa shape index (κ3) is 9.56. The van der Waals surface area contributed by atoms with Gasteiger partial charge >= 0.3 is 0 Å². The Morgan fingerprint density at radius 3 is 2.59 bits per heavy atom. The molecule has 0 fully saturated rings. The number of halogens is 1. The summed E-state index contributed by atoms with van der Waals surface area (Å²) in [4.78, 5) is 15.9. The van der Waals surface area contributed by atoms with Gasteiger partial charge in [0.1, 0.15) is 0 Å². The number of aliphatic imine (C=N–C) groups is 1. The fourth-order valence-electron chi connectivity index (χ4n) is 1.62. The maximum atomic E-state index is 11.7. The predicted molar refractivity (Wildman–Crippen MR) is 99.8 cm³/mol. The second-order valence-corrected chi connectivity index (χ2v) is 4.37. The van der Waals surface area contributed by atoms with Gasteiger partial charge in [-0.15, -0.1) is 24.0 Å². The molecule has 1 rings (SSSR count). The Kier molecular flexibility index (Phi) is 12.5. The number of hydrogen-bond donors (Lipinski definition) is 3. The first kappa shape index (κ1) is 20.6. The quantitative estimate of drug-likeness (QED) is 0.244. The summed E-state index contributed by atoms with van der Waals surface area (Å²) in [5.41, 5.74) is 6.35. The van der Waals surface area contributed by atoms with Gasteiger partial charge in [0, 0.05) is 38.4 Å². The van der Waals surface area contributed by atoms with Crippen LogP contribution in [-0.2, 0) is 4.74 Å². The Morgan fingerprint density at radius 1 is 1.23 bits per heavy atom. The number of rotatable bonds is 9. The molecule has 0 unspecified atom stereocenters. The molecule has 0 bridgehead atoms. The molecule has 0 spiro atoms. The molecular weight excluding hydrogens is 395 g/mol. The molecule has 0 aliphatic rings. The van der Waals surface area contributed by atoms with Gasteiger partial charge in [-0.2, -0.15) is 0 Å². The lowest BCUT2D eigenvalue weighted by molar-refractivity contribution is 0.0954. The van der Waals surface area contributed by atoms with Gasteiger partial charge in [-0.25, -0.2) is 0 Å². The molecule has 0 saturated carbocycles. The van der Waals surface area contributed by atoms with E-state index in [0.29, 0.717) is 37.8 Å². The largest absolute Gasteiger partial charge is 0.382 e. The number of benzene rings is 1. The van der Waals surface area contributed by atoms with E-state index in [4.69, 9.17) is 10.5 Å². The highest BCUT2D eigenvalue weighted by molar-refractivity contribution is 14.0. The molecule has 0 aliphatic carbocycles. The van der Waals surface area contributed by atoms with E-state index in [9.17, 15) is 4.79 Å². The topological polar surface area (TPSA) is 88.7 Å². The van der Waals surface area contributed by atoms with Crippen molar-refractivity contribution in [2.24, 2.45) is 10.7 Å². The number of nitrogens with zero attached hydrogens (tertiary/aromatic N) is 1. The number of carbonyl (C=O) groups excluding carboxylic acids is 1. The molecule has 0 atom stereocenters. The van der Waals surface area contributed by atoms with Crippen molar-refractivity contribution in [2.45, 2.75) is 13.3 Å². The van der Waals surface area contributed by atoms with E-state index in [2.05, 4.69) is 15.6 Å². The van der Waals surface area contributed by atoms with Gasteiger partial charge in [0.05, 0.1) is 0 Å². The number of ether oxygens (including phenoxy) is 1. The Balaban J connectivity index is 0.00000441. The average Bonchev–Trinajstić information content (AvgIpc) is 2.52. The first-order valence-electron chi connectivity index (χ1n) is 7.18. The zero-order chi connectivity index (χ0) is 15.3. The SMILES string of the molecule is CCOCCCN=C(N)NCCNC(=O)c1ccccc1.I. The number of nitrogens with one attached hydrogen (secondary N) is 2. The van der Waals surface area contributed by atoms with Crippen LogP contribution in [0, 0.1) is 0 Å². The lowest BCUT2D eigenvalue weighted by Gasteiger charge is -2.07. The first-order chi connectivity index (χ1) is 10.2. The van der Waals surface area contributed by atoms with Crippen LogP contribution in [0.15, 0.2) is 35.3 Å². The van der Waals surface area contributed by atoms with E-state index in [1.165, 1.54) is 0 Å². The molecule has 0 heterocycles. The van der Waals surface area contributed by atoms with Gasteiger partial charge < -0.3 is 21.1 Å². The molecular formula is C15H25IN4O2. The van der Waals surface area contributed by atoms with Crippen molar-refractivity contribution in [3.05, 3.63) is 35.9 Å². The van der Waals surface area contributed by atoms with Crippen molar-refractivity contribution in [1.29, 1.82) is 0 Å². The Bertz CT molecular complexity index is 440. The lowest BCUT2D eigenvalue weighted by atomic mass is 10.2. The van der Waals surface area contributed by atoms with Crippen molar-refractivity contribution < 1.29 is 9.53 Å². The van der Waals surface area contributed by atoms with Crippen LogP contribution in [0.5, 0.6) is 0 Å². The molecule has 1 amide bonds. The molecule has 0 saturated heterocycles. The Morgan fingerprint density at radius 2 is 1.91 bits per heavy atom. The van der Waals surface area contributed by atoms with Crippen molar-refractivity contribution in [3.63, 3.8) is 0 Å². The van der Waals surface area contributed by atoms with Crippen LogP contribution >= 0.6 is 24.0 Å². The Hall–Kier alpha value is -1.35. The normalized spacial score (nSPS) is 10.7. The van der Waals surface area contributed by atoms with E-state index in [0.717, 1.165) is 13.0 Å². The van der Waals surface area contributed by atoms with Crippen LogP contribution in [-0.4, -0.2) is 44.7 Å². The molecule has 0 aliphatic heterocycles. The summed E-state index contributed by atoms with van der Waals surface area (Å²) in [5.74, 6) is 0.296. The van der Waals surface area contributed by atoms with Crippen molar-refractivity contribution >= 4 is 35.8 Å². The van der Waals surface area contributed by atoms with Gasteiger partial charge in [0.2, 0.25) is 0 Å². The molecule has 124 valence electrons. The van der Waals surface area contributed by atoms with E-state index >= 15 is 0 Å². The van der Waals surface area contributed by atoms with E-state index in [1.54, 1.807) is 12.1 Å². The van der Waals surface area contributed by atoms with Gasteiger partial charge in [0.25, 0.3) is 5.91 Å². The maximum absolute atomic E-state index is 11.7. The molecule has 1 aromatic rings. The van der Waals surface area contributed by atoms with Crippen molar-refractivity contribution in [3.8, 4) is 0 Å². The third-order valence-electron chi connectivity index (χ3n) is 2.69. The maximum Gasteiger partial charge on any atom is 0.251 e. The summed E-state index contributed by atoms with van der Waals surface area (Å²) in [5, 5.41) is 5.76. The number of nitrogens with two attached hydrogens (primary N) is 1. The third-order valence-corrected chi connectivity index (χ3v) is 2.69. The fraction of sp³-hybridized carbons (Fsp3) is 0.467. The number of amides is 1. The van der Waals surface area contributed by atoms with Crippen LogP contribution in [0.3, 0.4) is 0 Å². The zero-order valence-electron chi connectivity index (χ0n) is 12.9. The minimum absolute atomic E-state index is 0. The summed E-state index contributed by atoms with van der Waals surface area (Å²) in [6.45, 7) is 5.04. The molecule has 0 aromatic heterocycles. The minimum Gasteiger partial charge on any atom is -0.382 e. The second kappa shape index (κ2) is 13.3. The molecule has 4 N–H and O–H groups in total. The minimum atomic E-state index is -0.0929. The summed E-state index contributed by atoms with van der Waals surface area (Å²) in [6, 6.07) is 9.09. The van der Waals surface area contributed by atoms with Gasteiger partial charge in [-0.3, -0.25) is 9.79 Å². The smallest absolute Gasteiger partial charge is 0.251 e. The van der Waals surface area contributed by atoms with E-state index in [-0.39, 0.29) is 29.9 Å². The van der Waals surface area contributed by atoms with Gasteiger partial charge in [-0.05, 0) is 25.5 Å². The number of hydrogen-bond acceptors (Lipinski definition) is 3. The van der Waals surface area contributed by atoms with Crippen molar-refractivity contribution in [1.82, 2.24) is 10.6 Å². The highest BCUT2D eigenvalue weighted by atomic mass is 127. The summed E-state index contributed by atoms with van der Waals surface area (Å²) >= 11 is 0. The Labute approximate surface area is 148 Å². The molecule has 1 aromatic carbocycles. The van der Waals surface area contributed by atoms with Crippen LogP contribution in [0.4, 0.5) is 0 Å². The zero-order valence-corrected chi connectivity index (χ0v) is 15.2. The summed E-state index contributed by atoms with van der Waals surface area (Å²) in [7, 11) is 0. The molecule has 0 radical (unpaired) electrons. The molecule has 6 nitrogen and oxygen atoms in total. The number of guanidine groups is 1. The van der Waals surface area contributed by atoms with Crippen LogP contribution < -0.4 is 16.4 Å². The van der Waals surface area contributed by atoms with Crippen molar-refractivity contribution in [2.75, 3.05) is 32.8 Å². The fourth-order valence-corrected chi connectivity index (χ4v) is 1.62. The number of carbonyl (C=O) groups is 1. The molecule has 7 heteroatoms. The lowest BCUT2D eigenvalue weighted by Crippen LogP contribution is -2.38. The second-order valence-electron chi connectivity index (χ2n) is 4.37. The predicted octanol–water partition coefficient (Wildman–Crippen LogP) is 1.37. The highest BCUT2D eigenvalue weighted by Gasteiger charge is 2.02. The standard InChI is InChI=1S/C15H24N4O2.HI/c1-2-21-12-6-9-18-15(16)19-11-10-17-14(20)13-7-4-3-5-8-13;/h3-5,7-8H,2,6,9-12H2,1H3,(H,17,20)(H3,16,18,19);1H. The van der Waals surface area contributed by atoms with E-state index in [1.807, 2.05) is 25.1 Å². The van der Waals surface area contributed by atoms with Gasteiger partial charge in [0.15, 0.2) is 5.96 Å². The first-order valence-corrected chi connectivity index (χ1v) is 7.18. The van der Waals surface area contributed by atoms with Crippen LogP contribution in [0.1, 0.15) is 23.7 Å². The average molecular weight is 420 g/mol. The highest BCUT2D eigenvalue weighted by Crippen LogP contribution is 1.96. The monoisotopic (exact) mass is 420 g/mol. The summed E-state index contributed by atoms with van der Waals surface area (Å²) in [6.07, 6.45) is 0.848. The van der Waals surface area contributed by atoms with Gasteiger partial charge in [-0.1, -0.05) is 18.2 Å².